The molecule has 0 aromatic heterocycles. The second-order valence-electron chi connectivity index (χ2n) is 3.89. The van der Waals surface area contributed by atoms with E-state index in [-0.39, 0.29) is 0 Å². The average Bonchev–Trinajstić information content (AvgIpc) is 2.78. The van der Waals surface area contributed by atoms with Crippen LogP contribution in [-0.4, -0.2) is 36.8 Å². The summed E-state index contributed by atoms with van der Waals surface area (Å²) in [6.07, 6.45) is 2.24. The smallest absolute Gasteiger partial charge is 0.150 e. The number of benzene rings is 1. The van der Waals surface area contributed by atoms with Gasteiger partial charge in [-0.2, -0.15) is 0 Å². The largest absolute Gasteiger partial charge is 0.489 e. The Bertz CT molecular complexity index is 353. The molecule has 4 heteroatoms. The monoisotopic (exact) mass is 237 g/mol. The van der Waals surface area contributed by atoms with Crippen molar-refractivity contribution < 1.29 is 9.53 Å². The van der Waals surface area contributed by atoms with Crippen molar-refractivity contribution in [2.24, 2.45) is 0 Å². The topological polar surface area (TPSA) is 29.5 Å². The van der Waals surface area contributed by atoms with Crippen molar-refractivity contribution >= 4 is 15.0 Å². The highest BCUT2D eigenvalue weighted by Gasteiger charge is 2.22. The fourth-order valence-electron chi connectivity index (χ4n) is 1.84. The SMILES string of the molecule is CPN1CCC(Oc2ccc(C=O)cc2)C1. The maximum Gasteiger partial charge on any atom is 0.150 e. The Hall–Kier alpha value is -0.920. The molecule has 2 atom stereocenters. The number of hydrogen-bond acceptors (Lipinski definition) is 3. The molecule has 1 aliphatic rings. The normalized spacial score (nSPS) is 21.7. The zero-order chi connectivity index (χ0) is 11.4. The van der Waals surface area contributed by atoms with Crippen molar-refractivity contribution in [3.63, 3.8) is 0 Å². The molecular weight excluding hydrogens is 221 g/mol. The molecule has 86 valence electrons. The van der Waals surface area contributed by atoms with Crippen LogP contribution in [0.4, 0.5) is 0 Å². The third kappa shape index (κ3) is 2.81. The standard InChI is InChI=1S/C12H16NO2P/c1-16-13-7-6-12(8-13)15-11-4-2-10(9-14)3-5-11/h2-5,9,12,16H,6-8H2,1H3. The molecular formula is C12H16NO2P. The molecule has 0 spiro atoms. The Kier molecular flexibility index (Phi) is 3.92. The van der Waals surface area contributed by atoms with Crippen LogP contribution in [0.15, 0.2) is 24.3 Å². The van der Waals surface area contributed by atoms with Gasteiger partial charge in [0.05, 0.1) is 0 Å². The van der Waals surface area contributed by atoms with Crippen molar-refractivity contribution in [1.29, 1.82) is 0 Å². The first-order chi connectivity index (χ1) is 7.81. The molecule has 1 heterocycles. The zero-order valence-electron chi connectivity index (χ0n) is 9.35. The van der Waals surface area contributed by atoms with Crippen LogP contribution in [0.2, 0.25) is 0 Å². The van der Waals surface area contributed by atoms with Gasteiger partial charge in [0.25, 0.3) is 0 Å². The average molecular weight is 237 g/mol. The summed E-state index contributed by atoms with van der Waals surface area (Å²) >= 11 is 0. The molecule has 1 aromatic carbocycles. The number of carbonyl (C=O) groups excluding carboxylic acids is 1. The quantitative estimate of drug-likeness (QED) is 0.593. The van der Waals surface area contributed by atoms with E-state index in [9.17, 15) is 4.79 Å². The lowest BCUT2D eigenvalue weighted by molar-refractivity contribution is 0.112. The van der Waals surface area contributed by atoms with Crippen LogP contribution in [-0.2, 0) is 0 Å². The Morgan fingerprint density at radius 1 is 1.44 bits per heavy atom. The molecule has 0 radical (unpaired) electrons. The van der Waals surface area contributed by atoms with Crippen LogP contribution in [0, 0.1) is 0 Å². The fraction of sp³-hybridized carbons (Fsp3) is 0.417. The van der Waals surface area contributed by atoms with E-state index in [4.69, 9.17) is 4.74 Å². The van der Waals surface area contributed by atoms with Gasteiger partial charge in [-0.15, -0.1) is 0 Å². The van der Waals surface area contributed by atoms with Gasteiger partial charge in [-0.25, -0.2) is 0 Å². The van der Waals surface area contributed by atoms with Gasteiger partial charge in [-0.05, 0) is 37.4 Å². The van der Waals surface area contributed by atoms with Crippen molar-refractivity contribution in [1.82, 2.24) is 4.67 Å². The summed E-state index contributed by atoms with van der Waals surface area (Å²) < 4.78 is 8.26. The van der Waals surface area contributed by atoms with E-state index < -0.39 is 0 Å². The van der Waals surface area contributed by atoms with E-state index in [0.717, 1.165) is 40.3 Å². The second-order valence-corrected chi connectivity index (χ2v) is 4.96. The lowest BCUT2D eigenvalue weighted by atomic mass is 10.2. The summed E-state index contributed by atoms with van der Waals surface area (Å²) in [6.45, 7) is 4.34. The van der Waals surface area contributed by atoms with E-state index in [1.54, 1.807) is 12.1 Å². The third-order valence-electron chi connectivity index (χ3n) is 2.78. The van der Waals surface area contributed by atoms with Gasteiger partial charge in [0.1, 0.15) is 18.1 Å². The summed E-state index contributed by atoms with van der Waals surface area (Å²) in [6, 6.07) is 7.30. The van der Waals surface area contributed by atoms with Crippen LogP contribution < -0.4 is 4.74 Å². The van der Waals surface area contributed by atoms with Crippen LogP contribution in [0.1, 0.15) is 16.8 Å². The molecule has 3 nitrogen and oxygen atoms in total. The highest BCUT2D eigenvalue weighted by Crippen LogP contribution is 2.24. The molecule has 0 bridgehead atoms. The van der Waals surface area contributed by atoms with E-state index >= 15 is 0 Å². The minimum atomic E-state index is 0.300. The molecule has 0 aliphatic carbocycles. The number of aldehydes is 1. The molecule has 2 unspecified atom stereocenters. The summed E-state index contributed by atoms with van der Waals surface area (Å²) in [7, 11) is 0.863. The predicted octanol–water partition coefficient (Wildman–Crippen LogP) is 2.18. The van der Waals surface area contributed by atoms with Crippen molar-refractivity contribution in [2.75, 3.05) is 19.8 Å². The first-order valence-corrected chi connectivity index (χ1v) is 6.91. The van der Waals surface area contributed by atoms with Gasteiger partial charge < -0.3 is 4.74 Å². The Labute approximate surface area is 97.6 Å². The fourth-order valence-corrected chi connectivity index (χ4v) is 2.58. The van der Waals surface area contributed by atoms with Gasteiger partial charge in [-0.1, -0.05) is 8.73 Å². The predicted molar refractivity (Wildman–Crippen MR) is 66.7 cm³/mol. The summed E-state index contributed by atoms with van der Waals surface area (Å²) in [5, 5.41) is 0. The number of ether oxygens (including phenoxy) is 1. The van der Waals surface area contributed by atoms with Crippen molar-refractivity contribution in [3.8, 4) is 5.75 Å². The number of rotatable bonds is 4. The number of hydrogen-bond donors (Lipinski definition) is 0. The summed E-state index contributed by atoms with van der Waals surface area (Å²) in [5.41, 5.74) is 0.690. The number of nitrogens with zero attached hydrogens (tertiary/aromatic N) is 1. The van der Waals surface area contributed by atoms with Gasteiger partial charge in [0.15, 0.2) is 0 Å². The van der Waals surface area contributed by atoms with E-state index in [1.165, 1.54) is 0 Å². The van der Waals surface area contributed by atoms with Crippen molar-refractivity contribution in [3.05, 3.63) is 29.8 Å². The van der Waals surface area contributed by atoms with Crippen LogP contribution in [0.25, 0.3) is 0 Å². The first-order valence-electron chi connectivity index (χ1n) is 5.46. The van der Waals surface area contributed by atoms with Gasteiger partial charge >= 0.3 is 0 Å². The Morgan fingerprint density at radius 3 is 2.75 bits per heavy atom. The highest BCUT2D eigenvalue weighted by atomic mass is 31.1. The number of carbonyl (C=O) groups is 1. The van der Waals surface area contributed by atoms with E-state index in [0.29, 0.717) is 11.7 Å². The molecule has 1 saturated heterocycles. The molecule has 1 fully saturated rings. The molecule has 0 N–H and O–H groups in total. The van der Waals surface area contributed by atoms with Gasteiger partial charge in [-0.3, -0.25) is 9.46 Å². The molecule has 2 rings (SSSR count). The Morgan fingerprint density at radius 2 is 2.19 bits per heavy atom. The minimum Gasteiger partial charge on any atom is -0.489 e. The Balaban J connectivity index is 1.91. The van der Waals surface area contributed by atoms with Crippen LogP contribution in [0.3, 0.4) is 0 Å². The maximum absolute atomic E-state index is 10.5. The molecule has 0 saturated carbocycles. The lowest BCUT2D eigenvalue weighted by Crippen LogP contribution is -2.19. The van der Waals surface area contributed by atoms with E-state index in [2.05, 4.69) is 11.3 Å². The van der Waals surface area contributed by atoms with Crippen LogP contribution in [0.5, 0.6) is 5.75 Å². The molecule has 1 aromatic rings. The minimum absolute atomic E-state index is 0.300. The van der Waals surface area contributed by atoms with Gasteiger partial charge in [0.2, 0.25) is 0 Å². The third-order valence-corrected chi connectivity index (χ3v) is 3.82. The zero-order valence-corrected chi connectivity index (χ0v) is 10.3. The maximum atomic E-state index is 10.5. The molecule has 1 aliphatic heterocycles. The highest BCUT2D eigenvalue weighted by molar-refractivity contribution is 7.34. The molecule has 0 amide bonds. The van der Waals surface area contributed by atoms with Crippen LogP contribution >= 0.6 is 8.73 Å². The second kappa shape index (κ2) is 5.42. The van der Waals surface area contributed by atoms with Crippen molar-refractivity contribution in [2.45, 2.75) is 12.5 Å². The van der Waals surface area contributed by atoms with E-state index in [1.807, 2.05) is 12.1 Å². The lowest BCUT2D eigenvalue weighted by Gasteiger charge is -2.14. The summed E-state index contributed by atoms with van der Waals surface area (Å²) in [5.74, 6) is 0.858. The summed E-state index contributed by atoms with van der Waals surface area (Å²) in [4.78, 5) is 10.5. The molecule has 16 heavy (non-hydrogen) atoms. The first kappa shape index (κ1) is 11.6. The van der Waals surface area contributed by atoms with Gasteiger partial charge in [0, 0.05) is 18.7 Å².